The van der Waals surface area contributed by atoms with Gasteiger partial charge in [-0.1, -0.05) is 0 Å². The van der Waals surface area contributed by atoms with Crippen LogP contribution in [0.2, 0.25) is 0 Å². The Balaban J connectivity index is 1.38. The molecule has 0 saturated carbocycles. The third-order valence-corrected chi connectivity index (χ3v) is 6.28. The highest BCUT2D eigenvalue weighted by atomic mass is 16.5. The van der Waals surface area contributed by atoms with Crippen LogP contribution in [0.3, 0.4) is 0 Å². The highest BCUT2D eigenvalue weighted by molar-refractivity contribution is 5.78. The number of fused-ring (bicyclic) bond motifs is 1. The maximum atomic E-state index is 12.8. The van der Waals surface area contributed by atoms with Gasteiger partial charge < -0.3 is 9.64 Å². The molecule has 32 heavy (non-hydrogen) atoms. The SMILES string of the molecule is COc1ccc2c(=O)n(CC3CCN(C(=O)Cn4cnc(C)c(C)c4=O)CC3)cnc2c1. The van der Waals surface area contributed by atoms with Crippen LogP contribution in [0, 0.1) is 19.8 Å². The van der Waals surface area contributed by atoms with Crippen LogP contribution in [-0.4, -0.2) is 50.1 Å². The van der Waals surface area contributed by atoms with E-state index in [4.69, 9.17) is 4.74 Å². The maximum absolute atomic E-state index is 12.8. The van der Waals surface area contributed by atoms with Gasteiger partial charge in [-0.05, 0) is 44.7 Å². The Morgan fingerprint density at radius 3 is 2.50 bits per heavy atom. The van der Waals surface area contributed by atoms with Crippen LogP contribution in [-0.2, 0) is 17.9 Å². The summed E-state index contributed by atoms with van der Waals surface area (Å²) in [6.45, 7) is 5.26. The van der Waals surface area contributed by atoms with Crippen LogP contribution in [0.5, 0.6) is 5.75 Å². The lowest BCUT2D eigenvalue weighted by Gasteiger charge is -2.32. The largest absolute Gasteiger partial charge is 0.497 e. The van der Waals surface area contributed by atoms with Crippen LogP contribution in [0.4, 0.5) is 0 Å². The molecule has 0 unspecified atom stereocenters. The van der Waals surface area contributed by atoms with E-state index < -0.39 is 0 Å². The van der Waals surface area contributed by atoms with Crippen LogP contribution >= 0.6 is 0 Å². The summed E-state index contributed by atoms with van der Waals surface area (Å²) >= 11 is 0. The Kier molecular flexibility index (Phi) is 6.07. The monoisotopic (exact) mass is 437 g/mol. The Bertz CT molecular complexity index is 1270. The van der Waals surface area contributed by atoms with Crippen molar-refractivity contribution in [2.45, 2.75) is 39.8 Å². The van der Waals surface area contributed by atoms with Gasteiger partial charge in [0.2, 0.25) is 5.91 Å². The van der Waals surface area contributed by atoms with Gasteiger partial charge in [0.05, 0.1) is 30.7 Å². The molecule has 1 aliphatic rings. The van der Waals surface area contributed by atoms with E-state index in [1.165, 1.54) is 10.9 Å². The molecule has 0 radical (unpaired) electrons. The standard InChI is InChI=1S/C23H27N5O4/c1-15-16(2)24-13-28(22(15)30)12-21(29)26-8-6-17(7-9-26)11-27-14-25-20-10-18(32-3)4-5-19(20)23(27)31/h4-5,10,13-14,17H,6-9,11-12H2,1-3H3. The zero-order chi connectivity index (χ0) is 22.8. The van der Waals surface area contributed by atoms with Gasteiger partial charge >= 0.3 is 0 Å². The Morgan fingerprint density at radius 2 is 1.78 bits per heavy atom. The average molecular weight is 438 g/mol. The first kappa shape index (κ1) is 21.7. The number of hydrogen-bond acceptors (Lipinski definition) is 6. The molecule has 1 aromatic carbocycles. The second kappa shape index (κ2) is 8.94. The molecule has 0 atom stereocenters. The molecule has 2 aromatic heterocycles. The molecule has 168 valence electrons. The zero-order valence-corrected chi connectivity index (χ0v) is 18.6. The summed E-state index contributed by atoms with van der Waals surface area (Å²) in [4.78, 5) is 48.2. The van der Waals surface area contributed by atoms with Crippen LogP contribution in [0.15, 0.2) is 40.4 Å². The summed E-state index contributed by atoms with van der Waals surface area (Å²) in [6, 6.07) is 5.25. The first-order valence-electron chi connectivity index (χ1n) is 10.7. The normalized spacial score (nSPS) is 14.7. The quantitative estimate of drug-likeness (QED) is 0.600. The molecule has 0 bridgehead atoms. The molecule has 0 aliphatic carbocycles. The number of benzene rings is 1. The summed E-state index contributed by atoms with van der Waals surface area (Å²) in [5.74, 6) is 0.854. The van der Waals surface area contributed by atoms with Crippen molar-refractivity contribution in [3.05, 3.63) is 62.8 Å². The van der Waals surface area contributed by atoms with Crippen molar-refractivity contribution in [3.8, 4) is 5.75 Å². The van der Waals surface area contributed by atoms with Crippen molar-refractivity contribution in [1.29, 1.82) is 0 Å². The molecule has 9 heteroatoms. The summed E-state index contributed by atoms with van der Waals surface area (Å²) in [7, 11) is 1.58. The number of ether oxygens (including phenoxy) is 1. The van der Waals surface area contributed by atoms with Gasteiger partial charge in [-0.3, -0.25) is 23.5 Å². The van der Waals surface area contributed by atoms with Gasteiger partial charge in [0.15, 0.2) is 0 Å². The highest BCUT2D eigenvalue weighted by Gasteiger charge is 2.24. The van der Waals surface area contributed by atoms with E-state index in [9.17, 15) is 14.4 Å². The number of methoxy groups -OCH3 is 1. The van der Waals surface area contributed by atoms with Gasteiger partial charge in [0.25, 0.3) is 11.1 Å². The molecule has 3 aromatic rings. The fourth-order valence-electron chi connectivity index (χ4n) is 4.07. The molecule has 1 fully saturated rings. The molecular weight excluding hydrogens is 410 g/mol. The van der Waals surface area contributed by atoms with Gasteiger partial charge in [-0.2, -0.15) is 0 Å². The number of aryl methyl sites for hydroxylation is 1. The molecule has 0 N–H and O–H groups in total. The molecule has 1 amide bonds. The fraction of sp³-hybridized carbons (Fsp3) is 0.435. The minimum absolute atomic E-state index is 0.00483. The predicted molar refractivity (Wildman–Crippen MR) is 120 cm³/mol. The highest BCUT2D eigenvalue weighted by Crippen LogP contribution is 2.20. The smallest absolute Gasteiger partial charge is 0.261 e. The average Bonchev–Trinajstić information content (AvgIpc) is 2.81. The molecule has 1 aliphatic heterocycles. The Morgan fingerprint density at radius 1 is 1.06 bits per heavy atom. The predicted octanol–water partition coefficient (Wildman–Crippen LogP) is 1.52. The first-order valence-corrected chi connectivity index (χ1v) is 10.7. The number of amides is 1. The van der Waals surface area contributed by atoms with Crippen molar-refractivity contribution in [2.75, 3.05) is 20.2 Å². The van der Waals surface area contributed by atoms with Gasteiger partial charge in [0.1, 0.15) is 12.3 Å². The van der Waals surface area contributed by atoms with E-state index in [1.54, 1.807) is 55.0 Å². The minimum Gasteiger partial charge on any atom is -0.497 e. The summed E-state index contributed by atoms with van der Waals surface area (Å²) in [5.41, 5.74) is 1.60. The second-order valence-electron chi connectivity index (χ2n) is 8.30. The number of nitrogens with zero attached hydrogens (tertiary/aromatic N) is 5. The number of aromatic nitrogens is 4. The Hall–Kier alpha value is -3.49. The maximum Gasteiger partial charge on any atom is 0.261 e. The molecule has 9 nitrogen and oxygen atoms in total. The second-order valence-corrected chi connectivity index (χ2v) is 8.30. The van der Waals surface area contributed by atoms with Gasteiger partial charge in [-0.25, -0.2) is 9.97 Å². The van der Waals surface area contributed by atoms with E-state index in [2.05, 4.69) is 9.97 Å². The van der Waals surface area contributed by atoms with E-state index in [-0.39, 0.29) is 29.5 Å². The number of piperidine rings is 1. The molecule has 3 heterocycles. The number of likely N-dealkylation sites (tertiary alicyclic amines) is 1. The van der Waals surface area contributed by atoms with Crippen molar-refractivity contribution < 1.29 is 9.53 Å². The van der Waals surface area contributed by atoms with Crippen LogP contribution in [0.25, 0.3) is 10.9 Å². The molecule has 0 spiro atoms. The number of rotatable bonds is 5. The third kappa shape index (κ3) is 4.28. The van der Waals surface area contributed by atoms with E-state index in [0.717, 1.165) is 12.8 Å². The summed E-state index contributed by atoms with van der Waals surface area (Å²) < 4.78 is 8.21. The van der Waals surface area contributed by atoms with Crippen molar-refractivity contribution >= 4 is 16.8 Å². The van der Waals surface area contributed by atoms with Crippen molar-refractivity contribution in [2.24, 2.45) is 5.92 Å². The topological polar surface area (TPSA) is 99.3 Å². The summed E-state index contributed by atoms with van der Waals surface area (Å²) in [6.07, 6.45) is 4.60. The zero-order valence-electron chi connectivity index (χ0n) is 18.6. The lowest BCUT2D eigenvalue weighted by Crippen LogP contribution is -2.42. The number of hydrogen-bond donors (Lipinski definition) is 0. The van der Waals surface area contributed by atoms with Gasteiger partial charge in [-0.15, -0.1) is 0 Å². The lowest BCUT2D eigenvalue weighted by atomic mass is 9.96. The number of carbonyl (C=O) groups excluding carboxylic acids is 1. The van der Waals surface area contributed by atoms with Crippen molar-refractivity contribution in [3.63, 3.8) is 0 Å². The molecule has 4 rings (SSSR count). The molecule has 1 saturated heterocycles. The lowest BCUT2D eigenvalue weighted by molar-refractivity contribution is -0.133. The number of carbonyl (C=O) groups is 1. The van der Waals surface area contributed by atoms with E-state index in [1.807, 2.05) is 0 Å². The summed E-state index contributed by atoms with van der Waals surface area (Å²) in [5, 5.41) is 0.563. The van der Waals surface area contributed by atoms with Gasteiger partial charge in [0, 0.05) is 37.0 Å². The fourth-order valence-corrected chi connectivity index (χ4v) is 4.07. The van der Waals surface area contributed by atoms with Crippen LogP contribution < -0.4 is 15.9 Å². The third-order valence-electron chi connectivity index (χ3n) is 6.28. The van der Waals surface area contributed by atoms with E-state index in [0.29, 0.717) is 47.5 Å². The Labute approximate surface area is 185 Å². The van der Waals surface area contributed by atoms with Crippen LogP contribution in [0.1, 0.15) is 24.1 Å². The van der Waals surface area contributed by atoms with E-state index >= 15 is 0 Å². The minimum atomic E-state index is -0.179. The van der Waals surface area contributed by atoms with Crippen molar-refractivity contribution in [1.82, 2.24) is 24.0 Å². The molecular formula is C23H27N5O4. The first-order chi connectivity index (χ1) is 15.4.